The van der Waals surface area contributed by atoms with E-state index in [0.717, 1.165) is 51.8 Å². The summed E-state index contributed by atoms with van der Waals surface area (Å²) in [5.41, 5.74) is 6.18. The number of imide groups is 1. The van der Waals surface area contributed by atoms with Gasteiger partial charge >= 0.3 is 6.03 Å². The third kappa shape index (κ3) is 3.62. The molecule has 1 saturated heterocycles. The van der Waals surface area contributed by atoms with Crippen molar-refractivity contribution in [3.8, 4) is 0 Å². The zero-order valence-corrected chi connectivity index (χ0v) is 19.5. The predicted octanol–water partition coefficient (Wildman–Crippen LogP) is 3.28. The number of primary amides is 1. The Kier molecular flexibility index (Phi) is 5.36. The molecule has 0 bridgehead atoms. The first-order chi connectivity index (χ1) is 16.3. The molecule has 34 heavy (non-hydrogen) atoms. The minimum atomic E-state index is -1.29. The highest BCUT2D eigenvalue weighted by Crippen LogP contribution is 2.38. The number of carbonyl (C=O) groups is 4. The lowest BCUT2D eigenvalue weighted by atomic mass is 9.90. The topological polar surface area (TPSA) is 122 Å². The Bertz CT molecular complexity index is 1360. The number of benzene rings is 2. The van der Waals surface area contributed by atoms with Gasteiger partial charge in [0.1, 0.15) is 17.1 Å². The van der Waals surface area contributed by atoms with Crippen LogP contribution in [0.3, 0.4) is 0 Å². The molecule has 1 aliphatic carbocycles. The molecule has 3 aromatic rings. The molecule has 5 amide bonds. The lowest BCUT2D eigenvalue weighted by molar-refractivity contribution is -0.133. The molecular formula is C25H24N4O4S. The molecule has 0 radical (unpaired) electrons. The molecule has 1 aromatic heterocycles. The molecule has 1 fully saturated rings. The monoisotopic (exact) mass is 476 g/mol. The molecular weight excluding hydrogens is 452 g/mol. The minimum absolute atomic E-state index is 0.339. The van der Waals surface area contributed by atoms with Gasteiger partial charge in [-0.15, -0.1) is 11.3 Å². The van der Waals surface area contributed by atoms with Crippen molar-refractivity contribution in [2.24, 2.45) is 5.73 Å². The summed E-state index contributed by atoms with van der Waals surface area (Å²) in [5, 5.41) is 7.80. The average molecular weight is 477 g/mol. The molecule has 5 rings (SSSR count). The summed E-state index contributed by atoms with van der Waals surface area (Å²) in [4.78, 5) is 52.9. The number of thiophene rings is 1. The van der Waals surface area contributed by atoms with Gasteiger partial charge < -0.3 is 16.4 Å². The van der Waals surface area contributed by atoms with Crippen molar-refractivity contribution in [3.05, 3.63) is 64.0 Å². The minimum Gasteiger partial charge on any atom is -0.365 e. The first kappa shape index (κ1) is 22.1. The van der Waals surface area contributed by atoms with E-state index in [1.807, 2.05) is 36.4 Å². The van der Waals surface area contributed by atoms with E-state index >= 15 is 0 Å². The van der Waals surface area contributed by atoms with E-state index in [1.54, 1.807) is 13.0 Å². The van der Waals surface area contributed by atoms with Crippen LogP contribution in [0.5, 0.6) is 0 Å². The zero-order valence-electron chi connectivity index (χ0n) is 18.6. The number of anilines is 1. The number of nitrogens with two attached hydrogens (primary N) is 1. The Morgan fingerprint density at radius 1 is 1.12 bits per heavy atom. The first-order valence-corrected chi connectivity index (χ1v) is 12.0. The van der Waals surface area contributed by atoms with E-state index in [-0.39, 0.29) is 0 Å². The molecule has 1 aliphatic heterocycles. The van der Waals surface area contributed by atoms with E-state index in [4.69, 9.17) is 5.73 Å². The van der Waals surface area contributed by atoms with Crippen molar-refractivity contribution in [2.75, 3.05) is 11.9 Å². The van der Waals surface area contributed by atoms with Gasteiger partial charge in [-0.05, 0) is 60.6 Å². The van der Waals surface area contributed by atoms with Gasteiger partial charge in [0, 0.05) is 4.88 Å². The smallest absolute Gasteiger partial charge is 0.325 e. The van der Waals surface area contributed by atoms with Crippen LogP contribution in [-0.2, 0) is 28.0 Å². The highest BCUT2D eigenvalue weighted by Gasteiger charge is 2.49. The average Bonchev–Trinajstić information content (AvgIpc) is 3.28. The number of nitrogens with zero attached hydrogens (tertiary/aromatic N) is 1. The second-order valence-electron chi connectivity index (χ2n) is 8.84. The number of hydrogen-bond acceptors (Lipinski definition) is 5. The van der Waals surface area contributed by atoms with Crippen molar-refractivity contribution in [1.29, 1.82) is 0 Å². The van der Waals surface area contributed by atoms with Gasteiger partial charge in [-0.1, -0.05) is 36.4 Å². The number of fused-ring (bicyclic) bond motifs is 2. The van der Waals surface area contributed by atoms with E-state index < -0.39 is 35.8 Å². The number of urea groups is 1. The predicted molar refractivity (Wildman–Crippen MR) is 130 cm³/mol. The van der Waals surface area contributed by atoms with Gasteiger partial charge in [-0.25, -0.2) is 4.79 Å². The molecule has 1 unspecified atom stereocenters. The highest BCUT2D eigenvalue weighted by atomic mass is 32.1. The number of hydrogen-bond donors (Lipinski definition) is 3. The van der Waals surface area contributed by atoms with Crippen molar-refractivity contribution in [3.63, 3.8) is 0 Å². The zero-order chi connectivity index (χ0) is 24.0. The van der Waals surface area contributed by atoms with E-state index in [2.05, 4.69) is 10.6 Å². The van der Waals surface area contributed by atoms with Crippen molar-refractivity contribution >= 4 is 50.9 Å². The fourth-order valence-electron chi connectivity index (χ4n) is 4.76. The highest BCUT2D eigenvalue weighted by molar-refractivity contribution is 7.17. The number of rotatable bonds is 5. The summed E-state index contributed by atoms with van der Waals surface area (Å²) in [6.45, 7) is 1.17. The molecule has 2 aromatic carbocycles. The number of amides is 5. The molecule has 9 heteroatoms. The third-order valence-corrected chi connectivity index (χ3v) is 7.78. The van der Waals surface area contributed by atoms with E-state index in [9.17, 15) is 19.2 Å². The molecule has 2 heterocycles. The largest absolute Gasteiger partial charge is 0.365 e. The molecule has 0 spiro atoms. The van der Waals surface area contributed by atoms with Crippen molar-refractivity contribution in [2.45, 2.75) is 38.1 Å². The van der Waals surface area contributed by atoms with Crippen LogP contribution in [0.4, 0.5) is 9.80 Å². The molecule has 174 valence electrons. The van der Waals surface area contributed by atoms with Gasteiger partial charge in [0.25, 0.3) is 11.8 Å². The maximum Gasteiger partial charge on any atom is 0.325 e. The van der Waals surface area contributed by atoms with Crippen LogP contribution in [0.15, 0.2) is 42.5 Å². The van der Waals surface area contributed by atoms with Crippen LogP contribution >= 0.6 is 11.3 Å². The maximum absolute atomic E-state index is 13.3. The SMILES string of the molecule is CC1(c2ccc3ccccc3c2)NC(=O)N(CC(=O)Nc2sc3c(c2C(N)=O)CCCC3)C1=O. The Morgan fingerprint density at radius 2 is 1.85 bits per heavy atom. The van der Waals surface area contributed by atoms with Crippen LogP contribution in [0, 0.1) is 0 Å². The summed E-state index contributed by atoms with van der Waals surface area (Å²) < 4.78 is 0. The van der Waals surface area contributed by atoms with Gasteiger partial charge in [-0.2, -0.15) is 0 Å². The lowest BCUT2D eigenvalue weighted by Gasteiger charge is -2.22. The second-order valence-corrected chi connectivity index (χ2v) is 9.94. The Hall–Kier alpha value is -3.72. The first-order valence-electron chi connectivity index (χ1n) is 11.2. The van der Waals surface area contributed by atoms with E-state index in [0.29, 0.717) is 16.1 Å². The van der Waals surface area contributed by atoms with Crippen LogP contribution in [0.2, 0.25) is 0 Å². The molecule has 0 saturated carbocycles. The second kappa shape index (κ2) is 8.25. The summed E-state index contributed by atoms with van der Waals surface area (Å²) >= 11 is 1.34. The molecule has 8 nitrogen and oxygen atoms in total. The fraction of sp³-hybridized carbons (Fsp3) is 0.280. The normalized spacial score (nSPS) is 19.7. The molecule has 4 N–H and O–H groups in total. The summed E-state index contributed by atoms with van der Waals surface area (Å²) in [5.74, 6) is -1.66. The van der Waals surface area contributed by atoms with Crippen molar-refractivity contribution < 1.29 is 19.2 Å². The Balaban J connectivity index is 1.36. The van der Waals surface area contributed by atoms with Gasteiger partial charge in [-0.3, -0.25) is 19.3 Å². The number of carbonyl (C=O) groups excluding carboxylic acids is 4. The van der Waals surface area contributed by atoms with Crippen LogP contribution in [-0.4, -0.2) is 35.2 Å². The van der Waals surface area contributed by atoms with E-state index in [1.165, 1.54) is 11.3 Å². The lowest BCUT2D eigenvalue weighted by Crippen LogP contribution is -2.42. The summed E-state index contributed by atoms with van der Waals surface area (Å²) in [6, 6.07) is 12.7. The Labute approximate surface area is 200 Å². The van der Waals surface area contributed by atoms with Crippen LogP contribution in [0.1, 0.15) is 46.1 Å². The van der Waals surface area contributed by atoms with Crippen LogP contribution < -0.4 is 16.4 Å². The number of nitrogens with one attached hydrogen (secondary N) is 2. The molecule has 2 aliphatic rings. The standard InChI is InChI=1S/C25H24N4O4S/c1-25(16-11-10-14-6-2-3-7-15(14)12-16)23(32)29(24(33)28-25)13-19(30)27-22-20(21(26)31)17-8-4-5-9-18(17)34-22/h2-3,6-7,10-12H,4-5,8-9,13H2,1H3,(H2,26,31)(H,27,30)(H,28,33). The quantitative estimate of drug-likeness (QED) is 0.489. The van der Waals surface area contributed by atoms with Crippen molar-refractivity contribution in [1.82, 2.24) is 10.2 Å². The van der Waals surface area contributed by atoms with Crippen LogP contribution in [0.25, 0.3) is 10.8 Å². The maximum atomic E-state index is 13.3. The summed E-state index contributed by atoms with van der Waals surface area (Å²) in [7, 11) is 0. The third-order valence-electron chi connectivity index (χ3n) is 6.57. The molecule has 1 atom stereocenters. The summed E-state index contributed by atoms with van der Waals surface area (Å²) in [6.07, 6.45) is 3.58. The van der Waals surface area contributed by atoms with Gasteiger partial charge in [0.05, 0.1) is 5.56 Å². The van der Waals surface area contributed by atoms with Gasteiger partial charge in [0.15, 0.2) is 0 Å². The van der Waals surface area contributed by atoms with Gasteiger partial charge in [0.2, 0.25) is 5.91 Å². The Morgan fingerprint density at radius 3 is 2.62 bits per heavy atom. The number of aryl methyl sites for hydroxylation is 1. The fourth-order valence-corrected chi connectivity index (χ4v) is 6.07.